The first-order valence-corrected chi connectivity index (χ1v) is 4.91. The lowest BCUT2D eigenvalue weighted by atomic mass is 9.84. The Morgan fingerprint density at radius 2 is 1.50 bits per heavy atom. The molecule has 0 aromatic carbocycles. The van der Waals surface area contributed by atoms with Crippen molar-refractivity contribution < 1.29 is 4.74 Å². The topological polar surface area (TPSA) is 9.23 Å². The van der Waals surface area contributed by atoms with E-state index < -0.39 is 0 Å². The minimum atomic E-state index is 0.0360. The van der Waals surface area contributed by atoms with E-state index >= 15 is 0 Å². The zero-order valence-corrected chi connectivity index (χ0v) is 9.53. The fraction of sp³-hybridized carbons (Fsp3) is 1.00. The van der Waals surface area contributed by atoms with Crippen LogP contribution in [0.4, 0.5) is 0 Å². The third kappa shape index (κ3) is 6.66. The van der Waals surface area contributed by atoms with Gasteiger partial charge < -0.3 is 4.74 Å². The van der Waals surface area contributed by atoms with Gasteiger partial charge in [0.25, 0.3) is 0 Å². The highest BCUT2D eigenvalue weighted by Gasteiger charge is 2.25. The number of rotatable bonds is 4. The molecule has 1 heteroatoms. The Balaban J connectivity index is 3.86. The standard InChI is InChI=1S/C11H24O/c1-7-8-12-11(5,6)9-10(2,3)4/h7-9H2,1-6H3. The summed E-state index contributed by atoms with van der Waals surface area (Å²) in [7, 11) is 0. The molecule has 0 saturated heterocycles. The Hall–Kier alpha value is -0.0400. The van der Waals surface area contributed by atoms with Gasteiger partial charge in [0.05, 0.1) is 5.60 Å². The first-order chi connectivity index (χ1) is 5.27. The highest BCUT2D eigenvalue weighted by Crippen LogP contribution is 2.29. The SMILES string of the molecule is CCCOC(C)(C)CC(C)(C)C. The van der Waals surface area contributed by atoms with Gasteiger partial charge in [-0.3, -0.25) is 0 Å². The van der Waals surface area contributed by atoms with Crippen molar-refractivity contribution in [2.75, 3.05) is 6.61 Å². The van der Waals surface area contributed by atoms with Gasteiger partial charge in [0, 0.05) is 6.61 Å². The minimum absolute atomic E-state index is 0.0360. The molecule has 12 heavy (non-hydrogen) atoms. The summed E-state index contributed by atoms with van der Waals surface area (Å²) in [6, 6.07) is 0. The molecular weight excluding hydrogens is 148 g/mol. The molecule has 0 aromatic rings. The lowest BCUT2D eigenvalue weighted by Gasteiger charge is -2.32. The maximum Gasteiger partial charge on any atom is 0.0631 e. The van der Waals surface area contributed by atoms with Gasteiger partial charge in [-0.25, -0.2) is 0 Å². The summed E-state index contributed by atoms with van der Waals surface area (Å²) in [5, 5.41) is 0. The molecule has 1 nitrogen and oxygen atoms in total. The lowest BCUT2D eigenvalue weighted by Crippen LogP contribution is -2.30. The molecule has 0 spiro atoms. The number of hydrogen-bond acceptors (Lipinski definition) is 1. The van der Waals surface area contributed by atoms with Crippen molar-refractivity contribution in [2.45, 2.75) is 60.0 Å². The van der Waals surface area contributed by atoms with Crippen molar-refractivity contribution >= 4 is 0 Å². The Kier molecular flexibility index (Phi) is 4.25. The van der Waals surface area contributed by atoms with Crippen LogP contribution in [0.25, 0.3) is 0 Å². The molecule has 0 aliphatic heterocycles. The van der Waals surface area contributed by atoms with Crippen molar-refractivity contribution in [1.29, 1.82) is 0 Å². The van der Waals surface area contributed by atoms with Gasteiger partial charge >= 0.3 is 0 Å². The Bertz CT molecular complexity index is 119. The average Bonchev–Trinajstić information content (AvgIpc) is 1.78. The van der Waals surface area contributed by atoms with Gasteiger partial charge in [-0.2, -0.15) is 0 Å². The van der Waals surface area contributed by atoms with E-state index in [0.29, 0.717) is 5.41 Å². The first-order valence-electron chi connectivity index (χ1n) is 4.91. The van der Waals surface area contributed by atoms with Crippen molar-refractivity contribution in [3.05, 3.63) is 0 Å². The summed E-state index contributed by atoms with van der Waals surface area (Å²) in [6.07, 6.45) is 2.22. The van der Waals surface area contributed by atoms with Crippen LogP contribution in [0, 0.1) is 5.41 Å². The van der Waals surface area contributed by atoms with E-state index in [1.807, 2.05) is 0 Å². The van der Waals surface area contributed by atoms with Gasteiger partial charge in [0.2, 0.25) is 0 Å². The maximum atomic E-state index is 5.75. The number of ether oxygens (including phenoxy) is 1. The van der Waals surface area contributed by atoms with Crippen LogP contribution in [0.2, 0.25) is 0 Å². The molecular formula is C11H24O. The summed E-state index contributed by atoms with van der Waals surface area (Å²) >= 11 is 0. The van der Waals surface area contributed by atoms with Crippen LogP contribution in [0.1, 0.15) is 54.4 Å². The van der Waals surface area contributed by atoms with Gasteiger partial charge in [0.1, 0.15) is 0 Å². The molecule has 0 bridgehead atoms. The molecule has 0 unspecified atom stereocenters. The zero-order valence-electron chi connectivity index (χ0n) is 9.53. The first kappa shape index (κ1) is 12.0. The molecule has 0 heterocycles. The summed E-state index contributed by atoms with van der Waals surface area (Å²) in [4.78, 5) is 0. The van der Waals surface area contributed by atoms with E-state index in [1.54, 1.807) is 0 Å². The third-order valence-electron chi connectivity index (χ3n) is 1.65. The molecule has 0 radical (unpaired) electrons. The van der Waals surface area contributed by atoms with Crippen LogP contribution in [0.5, 0.6) is 0 Å². The second kappa shape index (κ2) is 4.27. The van der Waals surface area contributed by atoms with Crippen LogP contribution in [0.15, 0.2) is 0 Å². The van der Waals surface area contributed by atoms with Crippen molar-refractivity contribution in [1.82, 2.24) is 0 Å². The minimum Gasteiger partial charge on any atom is -0.376 e. The fourth-order valence-electron chi connectivity index (χ4n) is 1.71. The molecule has 0 aromatic heterocycles. The number of hydrogen-bond donors (Lipinski definition) is 0. The summed E-state index contributed by atoms with van der Waals surface area (Å²) in [6.45, 7) is 14.1. The quantitative estimate of drug-likeness (QED) is 0.629. The van der Waals surface area contributed by atoms with Gasteiger partial charge in [-0.15, -0.1) is 0 Å². The average molecular weight is 172 g/mol. The normalized spacial score (nSPS) is 13.5. The summed E-state index contributed by atoms with van der Waals surface area (Å²) in [5.74, 6) is 0. The van der Waals surface area contributed by atoms with Gasteiger partial charge in [-0.05, 0) is 32.1 Å². The van der Waals surface area contributed by atoms with E-state index in [9.17, 15) is 0 Å². The van der Waals surface area contributed by atoms with Crippen LogP contribution >= 0.6 is 0 Å². The Morgan fingerprint density at radius 3 is 1.83 bits per heavy atom. The predicted octanol–water partition coefficient (Wildman–Crippen LogP) is 3.63. The molecule has 74 valence electrons. The molecule has 0 aliphatic rings. The molecule has 0 N–H and O–H groups in total. The van der Waals surface area contributed by atoms with E-state index in [1.165, 1.54) is 0 Å². The highest BCUT2D eigenvalue weighted by atomic mass is 16.5. The zero-order chi connectivity index (χ0) is 9.83. The second-order valence-corrected chi connectivity index (χ2v) is 5.35. The van der Waals surface area contributed by atoms with Crippen LogP contribution in [-0.2, 0) is 4.74 Å². The fourth-order valence-corrected chi connectivity index (χ4v) is 1.71. The van der Waals surface area contributed by atoms with Crippen LogP contribution in [-0.4, -0.2) is 12.2 Å². The molecule has 0 saturated carbocycles. The smallest absolute Gasteiger partial charge is 0.0631 e. The molecule has 0 rings (SSSR count). The summed E-state index contributed by atoms with van der Waals surface area (Å²) < 4.78 is 5.75. The molecule has 0 amide bonds. The van der Waals surface area contributed by atoms with E-state index in [-0.39, 0.29) is 5.60 Å². The van der Waals surface area contributed by atoms with Crippen LogP contribution in [0.3, 0.4) is 0 Å². The van der Waals surface area contributed by atoms with Crippen molar-refractivity contribution in [3.8, 4) is 0 Å². The van der Waals surface area contributed by atoms with E-state index in [2.05, 4.69) is 41.5 Å². The second-order valence-electron chi connectivity index (χ2n) is 5.35. The van der Waals surface area contributed by atoms with Crippen LogP contribution < -0.4 is 0 Å². The molecule has 0 atom stereocenters. The lowest BCUT2D eigenvalue weighted by molar-refractivity contribution is -0.0428. The van der Waals surface area contributed by atoms with E-state index in [0.717, 1.165) is 19.4 Å². The predicted molar refractivity (Wildman–Crippen MR) is 54.4 cm³/mol. The highest BCUT2D eigenvalue weighted by molar-refractivity contribution is 4.76. The summed E-state index contributed by atoms with van der Waals surface area (Å²) in [5.41, 5.74) is 0.394. The van der Waals surface area contributed by atoms with Crippen molar-refractivity contribution in [2.24, 2.45) is 5.41 Å². The molecule has 0 fully saturated rings. The third-order valence-corrected chi connectivity index (χ3v) is 1.65. The molecule has 0 aliphatic carbocycles. The van der Waals surface area contributed by atoms with Crippen molar-refractivity contribution in [3.63, 3.8) is 0 Å². The largest absolute Gasteiger partial charge is 0.376 e. The van der Waals surface area contributed by atoms with Gasteiger partial charge in [-0.1, -0.05) is 27.7 Å². The maximum absolute atomic E-state index is 5.75. The monoisotopic (exact) mass is 172 g/mol. The Morgan fingerprint density at radius 1 is 1.00 bits per heavy atom. The van der Waals surface area contributed by atoms with E-state index in [4.69, 9.17) is 4.74 Å². The van der Waals surface area contributed by atoms with Gasteiger partial charge in [0.15, 0.2) is 0 Å². The Labute approximate surface area is 77.5 Å².